The highest BCUT2D eigenvalue weighted by Crippen LogP contribution is 2.71. The highest BCUT2D eigenvalue weighted by Gasteiger charge is 2.70. The number of allylic oxidation sites excluding steroid dienone is 2. The topological polar surface area (TPSA) is 116 Å². The molecule has 4 N–H and O–H groups in total. The fraction of sp³-hybridized carbons (Fsp3) is 0.857. The van der Waals surface area contributed by atoms with E-state index in [0.717, 1.165) is 18.4 Å². The molecule has 28 heavy (non-hydrogen) atoms. The van der Waals surface area contributed by atoms with Gasteiger partial charge >= 0.3 is 0 Å². The fourth-order valence-corrected chi connectivity index (χ4v) is 6.69. The summed E-state index contributed by atoms with van der Waals surface area (Å²) in [6, 6.07) is 0. The molecule has 3 saturated carbocycles. The lowest BCUT2D eigenvalue weighted by Crippen LogP contribution is -2.69. The van der Waals surface area contributed by atoms with Gasteiger partial charge in [-0.2, -0.15) is 0 Å². The Hall–Kier alpha value is -0.830. The summed E-state index contributed by atoms with van der Waals surface area (Å²) in [6.45, 7) is 7.63. The highest BCUT2D eigenvalue weighted by atomic mass is 16.7. The molecule has 1 aliphatic heterocycles. The van der Waals surface area contributed by atoms with Crippen LogP contribution in [0.4, 0.5) is 0 Å². The number of hydrogen-bond donors (Lipinski definition) is 4. The zero-order valence-corrected chi connectivity index (χ0v) is 16.9. The van der Waals surface area contributed by atoms with Crippen molar-refractivity contribution in [1.29, 1.82) is 0 Å². The third-order valence-electron chi connectivity index (χ3n) is 7.98. The lowest BCUT2D eigenvalue weighted by molar-refractivity contribution is -0.338. The molecule has 1 heterocycles. The molecule has 0 aromatic heterocycles. The summed E-state index contributed by atoms with van der Waals surface area (Å²) in [5.74, 6) is 0.894. The summed E-state index contributed by atoms with van der Waals surface area (Å²) in [7, 11) is 0. The van der Waals surface area contributed by atoms with Gasteiger partial charge in [0, 0.05) is 5.92 Å². The summed E-state index contributed by atoms with van der Waals surface area (Å²) >= 11 is 0. The Labute approximate surface area is 165 Å². The Balaban J connectivity index is 1.55. The van der Waals surface area contributed by atoms with E-state index < -0.39 is 42.9 Å². The summed E-state index contributed by atoms with van der Waals surface area (Å²) in [5.41, 5.74) is 0.471. The van der Waals surface area contributed by atoms with Crippen molar-refractivity contribution >= 4 is 5.78 Å². The maximum absolute atomic E-state index is 12.7. The minimum Gasteiger partial charge on any atom is -0.394 e. The molecule has 6 aliphatic rings. The van der Waals surface area contributed by atoms with E-state index in [1.165, 1.54) is 0 Å². The van der Waals surface area contributed by atoms with Crippen molar-refractivity contribution in [2.45, 2.75) is 76.8 Å². The van der Waals surface area contributed by atoms with Crippen molar-refractivity contribution in [3.8, 4) is 0 Å². The lowest BCUT2D eigenvalue weighted by Gasteiger charge is -2.70. The first-order chi connectivity index (χ1) is 13.0. The van der Waals surface area contributed by atoms with Crippen molar-refractivity contribution < 1.29 is 34.7 Å². The molecule has 0 aromatic rings. The van der Waals surface area contributed by atoms with Crippen LogP contribution in [0.3, 0.4) is 0 Å². The van der Waals surface area contributed by atoms with E-state index in [2.05, 4.69) is 6.92 Å². The minimum absolute atomic E-state index is 0.0117. The normalized spacial score (nSPS) is 50.8. The molecule has 6 rings (SSSR count). The number of fused-ring (bicyclic) bond motifs is 3. The van der Waals surface area contributed by atoms with E-state index in [1.807, 2.05) is 20.8 Å². The quantitative estimate of drug-likeness (QED) is 0.543. The predicted octanol–water partition coefficient (Wildman–Crippen LogP) is 0.389. The average molecular weight is 396 g/mol. The van der Waals surface area contributed by atoms with Gasteiger partial charge in [0.05, 0.1) is 12.2 Å². The van der Waals surface area contributed by atoms with Crippen LogP contribution < -0.4 is 0 Å². The molecule has 5 unspecified atom stereocenters. The van der Waals surface area contributed by atoms with E-state index in [1.54, 1.807) is 6.08 Å². The standard InChI is InChI=1S/C21H32O7/c1-9-7-11(23)15-13-10(5-6-21(15,4)14(9)13)20(2,3)28-19-18(26)17(25)16(24)12(8-22)27-19/h7,10,12-19,22,24-26H,5-6,8H2,1-4H3/t10?,12-,13?,14?,15?,16-,17+,18-,19+,21?/m1/s1. The summed E-state index contributed by atoms with van der Waals surface area (Å²) in [6.07, 6.45) is -2.79. The minimum atomic E-state index is -1.46. The van der Waals surface area contributed by atoms with E-state index in [-0.39, 0.29) is 29.0 Å². The zero-order valence-electron chi connectivity index (χ0n) is 16.9. The van der Waals surface area contributed by atoms with Gasteiger partial charge < -0.3 is 29.9 Å². The monoisotopic (exact) mass is 396 g/mol. The second-order valence-corrected chi connectivity index (χ2v) is 9.89. The third kappa shape index (κ3) is 2.67. The number of ketones is 1. The molecule has 1 saturated heterocycles. The second-order valence-electron chi connectivity index (χ2n) is 9.89. The molecule has 4 bridgehead atoms. The van der Waals surface area contributed by atoms with Gasteiger partial charge in [-0.3, -0.25) is 4.79 Å². The van der Waals surface area contributed by atoms with Crippen LogP contribution in [0.15, 0.2) is 11.6 Å². The van der Waals surface area contributed by atoms with Crippen LogP contribution >= 0.6 is 0 Å². The number of hydrogen-bond acceptors (Lipinski definition) is 7. The maximum Gasteiger partial charge on any atom is 0.187 e. The average Bonchev–Trinajstić information content (AvgIpc) is 2.61. The summed E-state index contributed by atoms with van der Waals surface area (Å²) in [4.78, 5) is 12.7. The van der Waals surface area contributed by atoms with E-state index in [9.17, 15) is 25.2 Å². The number of carbonyl (C=O) groups excluding carboxylic acids is 1. The molecule has 0 aromatic carbocycles. The largest absolute Gasteiger partial charge is 0.394 e. The molecule has 7 heteroatoms. The van der Waals surface area contributed by atoms with Gasteiger partial charge in [-0.05, 0) is 62.9 Å². The van der Waals surface area contributed by atoms with Crippen LogP contribution in [0.25, 0.3) is 0 Å². The van der Waals surface area contributed by atoms with Crippen LogP contribution in [-0.2, 0) is 14.3 Å². The summed E-state index contributed by atoms with van der Waals surface area (Å²) in [5, 5.41) is 39.8. The predicted molar refractivity (Wildman–Crippen MR) is 99.0 cm³/mol. The lowest BCUT2D eigenvalue weighted by atomic mass is 9.34. The van der Waals surface area contributed by atoms with Crippen molar-refractivity contribution in [2.75, 3.05) is 6.61 Å². The molecule has 7 nitrogen and oxygen atoms in total. The number of aliphatic hydroxyl groups is 4. The highest BCUT2D eigenvalue weighted by molar-refractivity contribution is 5.96. The van der Waals surface area contributed by atoms with Gasteiger partial charge in [-0.1, -0.05) is 12.5 Å². The summed E-state index contributed by atoms with van der Waals surface area (Å²) < 4.78 is 11.7. The number of ether oxygens (including phenoxy) is 2. The van der Waals surface area contributed by atoms with Gasteiger partial charge in [0.2, 0.25) is 0 Å². The van der Waals surface area contributed by atoms with Gasteiger partial charge in [0.1, 0.15) is 24.4 Å². The van der Waals surface area contributed by atoms with E-state index >= 15 is 0 Å². The molecule has 5 aliphatic carbocycles. The van der Waals surface area contributed by atoms with Gasteiger partial charge in [0.15, 0.2) is 12.1 Å². The van der Waals surface area contributed by atoms with Crippen molar-refractivity contribution in [2.24, 2.45) is 29.1 Å². The smallest absolute Gasteiger partial charge is 0.187 e. The SMILES string of the molecule is CC1=CC(=O)C2C3C(C(C)(C)O[C@@H]4O[C@H](CO)[C@@H](O)[C@H](O)[C@H]4O)CCC2(C)C13. The molecular weight excluding hydrogens is 364 g/mol. The first kappa shape index (κ1) is 20.4. The van der Waals surface area contributed by atoms with Crippen LogP contribution in [0, 0.1) is 29.1 Å². The Morgan fingerprint density at radius 3 is 2.50 bits per heavy atom. The first-order valence-electron chi connectivity index (χ1n) is 10.2. The molecule has 4 fully saturated rings. The number of aliphatic hydroxyl groups excluding tert-OH is 4. The van der Waals surface area contributed by atoms with Gasteiger partial charge in [-0.25, -0.2) is 0 Å². The van der Waals surface area contributed by atoms with E-state index in [4.69, 9.17) is 9.47 Å². The molecule has 0 radical (unpaired) electrons. The Morgan fingerprint density at radius 1 is 1.21 bits per heavy atom. The Kier molecular flexibility index (Phi) is 4.81. The number of carbonyl (C=O) groups is 1. The number of rotatable bonds is 4. The third-order valence-corrected chi connectivity index (χ3v) is 7.98. The fourth-order valence-electron chi connectivity index (χ4n) is 6.69. The van der Waals surface area contributed by atoms with Crippen LogP contribution in [0.1, 0.15) is 40.5 Å². The Morgan fingerprint density at radius 2 is 1.89 bits per heavy atom. The zero-order chi connectivity index (χ0) is 20.6. The van der Waals surface area contributed by atoms with Crippen LogP contribution in [0.5, 0.6) is 0 Å². The second kappa shape index (κ2) is 6.59. The molecule has 0 amide bonds. The van der Waals surface area contributed by atoms with Gasteiger partial charge in [0.25, 0.3) is 0 Å². The van der Waals surface area contributed by atoms with Crippen molar-refractivity contribution in [3.63, 3.8) is 0 Å². The maximum atomic E-state index is 12.7. The Bertz CT molecular complexity index is 686. The molecular formula is C21H32O7. The van der Waals surface area contributed by atoms with E-state index in [0.29, 0.717) is 5.92 Å². The van der Waals surface area contributed by atoms with Crippen molar-refractivity contribution in [1.82, 2.24) is 0 Å². The van der Waals surface area contributed by atoms with Crippen LogP contribution in [-0.4, -0.2) is 69.1 Å². The van der Waals surface area contributed by atoms with Crippen molar-refractivity contribution in [3.05, 3.63) is 11.6 Å². The van der Waals surface area contributed by atoms with Crippen LogP contribution in [0.2, 0.25) is 0 Å². The molecule has 0 spiro atoms. The first-order valence-corrected chi connectivity index (χ1v) is 10.2. The molecule has 158 valence electrons. The van der Waals surface area contributed by atoms with Gasteiger partial charge in [-0.15, -0.1) is 0 Å². The molecule has 10 atom stereocenters.